The maximum absolute atomic E-state index is 12.4. The van der Waals surface area contributed by atoms with Crippen LogP contribution in [0.2, 0.25) is 0 Å². The number of hydrogen-bond acceptors (Lipinski definition) is 2. The van der Waals surface area contributed by atoms with Crippen molar-refractivity contribution in [3.8, 4) is 0 Å². The molecular formula is C35H46F2N2O. The predicted molar refractivity (Wildman–Crippen MR) is 169 cm³/mol. The number of nitrogens with one attached hydrogen (secondary N) is 1. The lowest BCUT2D eigenvalue weighted by atomic mass is 9.99. The number of aryl methyl sites for hydroxylation is 1. The Morgan fingerprint density at radius 2 is 1.70 bits per heavy atom. The number of allylic oxidation sites excluding steroid dienone is 8. The number of ketones is 1. The molecule has 3 nitrogen and oxygen atoms in total. The van der Waals surface area contributed by atoms with Crippen LogP contribution < -0.4 is 0 Å². The third-order valence-electron chi connectivity index (χ3n) is 5.70. The number of Topliss-reactive ketones (excluding diaryl/α,β-unsaturated/α-hetero) is 1. The summed E-state index contributed by atoms with van der Waals surface area (Å²) in [4.78, 5) is 19.2. The fourth-order valence-electron chi connectivity index (χ4n) is 3.32. The first kappa shape index (κ1) is 36.1. The van der Waals surface area contributed by atoms with E-state index >= 15 is 0 Å². The van der Waals surface area contributed by atoms with Gasteiger partial charge in [-0.1, -0.05) is 63.3 Å². The number of carbonyl (C=O) groups excluding carboxylic acids is 1. The Hall–Kier alpha value is -3.86. The van der Waals surface area contributed by atoms with E-state index in [1.54, 1.807) is 12.3 Å². The summed E-state index contributed by atoms with van der Waals surface area (Å²) >= 11 is 0. The average Bonchev–Trinajstić information content (AvgIpc) is 3.39. The quantitative estimate of drug-likeness (QED) is 0.173. The molecule has 0 bridgehead atoms. The molecule has 0 aliphatic heterocycles. The number of H-pyrrole nitrogens is 1. The zero-order valence-corrected chi connectivity index (χ0v) is 25.5. The van der Waals surface area contributed by atoms with Gasteiger partial charge in [0.25, 0.3) is 0 Å². The second-order valence-electron chi connectivity index (χ2n) is 8.94. The molecule has 40 heavy (non-hydrogen) atoms. The van der Waals surface area contributed by atoms with Gasteiger partial charge in [0.15, 0.2) is 17.4 Å². The van der Waals surface area contributed by atoms with Gasteiger partial charge in [-0.15, -0.1) is 6.58 Å². The highest BCUT2D eigenvalue weighted by Crippen LogP contribution is 2.22. The van der Waals surface area contributed by atoms with E-state index in [1.165, 1.54) is 22.6 Å². The van der Waals surface area contributed by atoms with Crippen molar-refractivity contribution in [2.24, 2.45) is 0 Å². The Labute approximate surface area is 240 Å². The van der Waals surface area contributed by atoms with Gasteiger partial charge in [0.2, 0.25) is 0 Å². The number of carbonyl (C=O) groups is 1. The van der Waals surface area contributed by atoms with Crippen molar-refractivity contribution >= 4 is 22.4 Å². The van der Waals surface area contributed by atoms with Gasteiger partial charge in [-0.2, -0.15) is 0 Å². The van der Waals surface area contributed by atoms with Gasteiger partial charge in [0.1, 0.15) is 5.65 Å². The van der Waals surface area contributed by atoms with E-state index in [1.807, 2.05) is 79.0 Å². The Kier molecular flexibility index (Phi) is 18.2. The van der Waals surface area contributed by atoms with Gasteiger partial charge in [0, 0.05) is 35.3 Å². The van der Waals surface area contributed by atoms with Crippen molar-refractivity contribution in [1.29, 1.82) is 0 Å². The smallest absolute Gasteiger partial charge is 0.163 e. The van der Waals surface area contributed by atoms with Crippen LogP contribution in [0.4, 0.5) is 8.78 Å². The number of halogens is 2. The number of hydrogen-bond donors (Lipinski definition) is 1. The van der Waals surface area contributed by atoms with Gasteiger partial charge >= 0.3 is 0 Å². The minimum atomic E-state index is -0.780. The van der Waals surface area contributed by atoms with Crippen molar-refractivity contribution in [1.82, 2.24) is 9.97 Å². The Balaban J connectivity index is 0.000000561. The van der Waals surface area contributed by atoms with E-state index in [0.717, 1.165) is 41.3 Å². The number of fused-ring (bicyclic) bond motifs is 1. The van der Waals surface area contributed by atoms with Gasteiger partial charge < -0.3 is 4.98 Å². The number of pyridine rings is 1. The fourth-order valence-corrected chi connectivity index (χ4v) is 3.32. The van der Waals surface area contributed by atoms with Crippen LogP contribution in [0.3, 0.4) is 0 Å². The second kappa shape index (κ2) is 20.1. The first-order chi connectivity index (χ1) is 19.0. The normalized spacial score (nSPS) is 11.1. The molecule has 1 N–H and O–H groups in total. The fraction of sp³-hybridized carbons (Fsp3) is 0.314. The minimum Gasteiger partial charge on any atom is -0.346 e. The third kappa shape index (κ3) is 12.8. The zero-order valence-electron chi connectivity index (χ0n) is 25.5. The SMILES string of the molecule is C/C=C(\C)c1c[nH]c2ncccc12.C=C(C)CCC(=O)/C(=C/C=C\C)C(=C)C.CC.CCc1ccc(F)c(F)c1. The maximum Gasteiger partial charge on any atom is 0.163 e. The van der Waals surface area contributed by atoms with Crippen molar-refractivity contribution in [3.05, 3.63) is 120 Å². The zero-order chi connectivity index (χ0) is 30.7. The summed E-state index contributed by atoms with van der Waals surface area (Å²) in [7, 11) is 0. The van der Waals surface area contributed by atoms with Gasteiger partial charge in [-0.05, 0) is 88.4 Å². The summed E-state index contributed by atoms with van der Waals surface area (Å²) < 4.78 is 24.7. The molecule has 0 aliphatic carbocycles. The summed E-state index contributed by atoms with van der Waals surface area (Å²) in [5.74, 6) is -1.40. The summed E-state index contributed by atoms with van der Waals surface area (Å²) in [5.41, 5.74) is 6.87. The standard InChI is InChI=1S/C14H20O.C11H12N2.C8H8F2.C2H6/c1-6-7-8-13(12(4)5)14(15)10-9-11(2)3;1-3-8(2)10-7-13-11-9(10)5-4-6-12-11;1-2-6-3-4-7(9)8(10)5-6;1-2/h6-8H,2,4,9-10H2,1,3,5H3;3-7H,1-2H3,(H,12,13);3-5H,2H2,1H3;1-2H3/b7-6-,13-8+;8-3+;;. The molecule has 0 saturated carbocycles. The lowest BCUT2D eigenvalue weighted by Gasteiger charge is -2.05. The third-order valence-corrected chi connectivity index (χ3v) is 5.70. The van der Waals surface area contributed by atoms with E-state index in [-0.39, 0.29) is 5.78 Å². The highest BCUT2D eigenvalue weighted by molar-refractivity contribution is 5.99. The van der Waals surface area contributed by atoms with E-state index < -0.39 is 11.6 Å². The monoisotopic (exact) mass is 548 g/mol. The summed E-state index contributed by atoms with van der Waals surface area (Å²) in [6.45, 7) is 23.4. The molecule has 3 aromatic rings. The van der Waals surface area contributed by atoms with Crippen molar-refractivity contribution in [2.45, 2.75) is 74.7 Å². The van der Waals surface area contributed by atoms with Crippen molar-refractivity contribution in [2.75, 3.05) is 0 Å². The molecule has 5 heteroatoms. The molecule has 0 unspecified atom stereocenters. The minimum absolute atomic E-state index is 0.142. The van der Waals surface area contributed by atoms with E-state index in [4.69, 9.17) is 0 Å². The summed E-state index contributed by atoms with van der Waals surface area (Å²) in [5, 5.41) is 1.19. The predicted octanol–water partition coefficient (Wildman–Crippen LogP) is 10.5. The number of rotatable bonds is 8. The summed E-state index contributed by atoms with van der Waals surface area (Å²) in [6, 6.07) is 7.99. The number of aromatic amines is 1. The van der Waals surface area contributed by atoms with E-state index in [0.29, 0.717) is 12.0 Å². The molecule has 0 saturated heterocycles. The largest absolute Gasteiger partial charge is 0.346 e. The van der Waals surface area contributed by atoms with Crippen LogP contribution in [-0.2, 0) is 11.2 Å². The highest BCUT2D eigenvalue weighted by atomic mass is 19.2. The van der Waals surface area contributed by atoms with Crippen molar-refractivity contribution < 1.29 is 13.6 Å². The Morgan fingerprint density at radius 3 is 2.23 bits per heavy atom. The Bertz CT molecular complexity index is 1330. The van der Waals surface area contributed by atoms with Crippen LogP contribution in [0.5, 0.6) is 0 Å². The molecule has 3 rings (SSSR count). The van der Waals surface area contributed by atoms with Crippen LogP contribution >= 0.6 is 0 Å². The molecular weight excluding hydrogens is 502 g/mol. The van der Waals surface area contributed by atoms with E-state index in [2.05, 4.69) is 42.2 Å². The van der Waals surface area contributed by atoms with E-state index in [9.17, 15) is 13.6 Å². The average molecular weight is 549 g/mol. The number of aromatic nitrogens is 2. The number of nitrogens with zero attached hydrogens (tertiary/aromatic N) is 1. The first-order valence-electron chi connectivity index (χ1n) is 13.7. The molecule has 2 aromatic heterocycles. The van der Waals surface area contributed by atoms with Gasteiger partial charge in [-0.3, -0.25) is 4.79 Å². The first-order valence-corrected chi connectivity index (χ1v) is 13.7. The molecule has 0 aliphatic rings. The van der Waals surface area contributed by atoms with Gasteiger partial charge in [-0.25, -0.2) is 13.8 Å². The number of benzene rings is 1. The molecule has 216 valence electrons. The molecule has 1 aromatic carbocycles. The topological polar surface area (TPSA) is 45.8 Å². The molecule has 0 radical (unpaired) electrons. The lowest BCUT2D eigenvalue weighted by Crippen LogP contribution is -2.03. The van der Waals surface area contributed by atoms with Crippen LogP contribution in [0.1, 0.15) is 79.4 Å². The van der Waals surface area contributed by atoms with Gasteiger partial charge in [0.05, 0.1) is 0 Å². The molecule has 0 atom stereocenters. The maximum atomic E-state index is 12.4. The molecule has 0 fully saturated rings. The lowest BCUT2D eigenvalue weighted by molar-refractivity contribution is -0.115. The second-order valence-corrected chi connectivity index (χ2v) is 8.94. The van der Waals surface area contributed by atoms with Crippen LogP contribution in [0, 0.1) is 11.6 Å². The molecule has 0 amide bonds. The molecule has 0 spiro atoms. The highest BCUT2D eigenvalue weighted by Gasteiger charge is 2.09. The van der Waals surface area contributed by atoms with Crippen LogP contribution in [-0.4, -0.2) is 15.8 Å². The summed E-state index contributed by atoms with van der Waals surface area (Å²) in [6.07, 6.45) is 13.5. The molecule has 2 heterocycles. The van der Waals surface area contributed by atoms with Crippen LogP contribution in [0.15, 0.2) is 96.9 Å². The Morgan fingerprint density at radius 1 is 1.02 bits per heavy atom. The van der Waals surface area contributed by atoms with Crippen LogP contribution in [0.25, 0.3) is 16.6 Å². The van der Waals surface area contributed by atoms with Crippen molar-refractivity contribution in [3.63, 3.8) is 0 Å².